The van der Waals surface area contributed by atoms with Gasteiger partial charge < -0.3 is 0 Å². The van der Waals surface area contributed by atoms with Gasteiger partial charge in [0.05, 0.1) is 13.1 Å². The number of rotatable bonds is 1. The van der Waals surface area contributed by atoms with Crippen molar-refractivity contribution in [3.63, 3.8) is 0 Å². The quantitative estimate of drug-likeness (QED) is 0.749. The van der Waals surface area contributed by atoms with E-state index >= 15 is 0 Å². The fraction of sp³-hybridized carbons (Fsp3) is 0.438. The fourth-order valence-electron chi connectivity index (χ4n) is 2.81. The van der Waals surface area contributed by atoms with E-state index in [9.17, 15) is 0 Å². The zero-order valence-electron chi connectivity index (χ0n) is 11.2. The van der Waals surface area contributed by atoms with Crippen molar-refractivity contribution in [1.29, 1.82) is 0 Å². The minimum absolute atomic E-state index is 0.878. The number of hydrogen-bond acceptors (Lipinski definition) is 1. The van der Waals surface area contributed by atoms with Crippen molar-refractivity contribution in [2.24, 2.45) is 5.92 Å². The molecule has 0 aliphatic carbocycles. The van der Waals surface area contributed by atoms with Crippen LogP contribution in [-0.4, -0.2) is 13.1 Å². The number of aryl methyl sites for hydroxylation is 1. The maximum absolute atomic E-state index is 3.58. The molecule has 2 heterocycles. The molecule has 1 aromatic carbocycles. The number of aromatic nitrogens is 1. The molecule has 1 aromatic heterocycles. The second-order valence-corrected chi connectivity index (χ2v) is 5.55. The molecular weight excluding hydrogens is 220 g/mol. The molecule has 3 rings (SSSR count). The molecule has 18 heavy (non-hydrogen) atoms. The summed E-state index contributed by atoms with van der Waals surface area (Å²) in [5.74, 6) is 2.15. The Bertz CT molecular complexity index is 554. The van der Waals surface area contributed by atoms with Crippen molar-refractivity contribution in [3.8, 4) is 0 Å². The number of piperidine rings is 1. The van der Waals surface area contributed by atoms with Crippen molar-refractivity contribution in [1.82, 2.24) is 0 Å². The molecule has 2 aromatic rings. The first-order chi connectivity index (χ1) is 8.74. The number of aromatic amines is 1. The number of H-pyrrole nitrogens is 1. The molecule has 94 valence electrons. The first-order valence-electron chi connectivity index (χ1n) is 6.90. The van der Waals surface area contributed by atoms with E-state index in [-0.39, 0.29) is 0 Å². The average molecular weight is 241 g/mol. The van der Waals surface area contributed by atoms with Gasteiger partial charge in [0, 0.05) is 11.5 Å². The van der Waals surface area contributed by atoms with E-state index in [1.165, 1.54) is 48.2 Å². The number of anilines is 1. The monoisotopic (exact) mass is 241 g/mol. The summed E-state index contributed by atoms with van der Waals surface area (Å²) in [6, 6.07) is 10.8. The average Bonchev–Trinajstić information content (AvgIpc) is 2.39. The van der Waals surface area contributed by atoms with Gasteiger partial charge >= 0.3 is 0 Å². The molecule has 0 unspecified atom stereocenters. The van der Waals surface area contributed by atoms with Crippen LogP contribution in [0.3, 0.4) is 0 Å². The number of nitrogens with zero attached hydrogens (tertiary/aromatic N) is 1. The lowest BCUT2D eigenvalue weighted by Gasteiger charge is -2.25. The molecule has 1 N–H and O–H groups in total. The van der Waals surface area contributed by atoms with Crippen molar-refractivity contribution >= 4 is 16.7 Å². The van der Waals surface area contributed by atoms with E-state index in [2.05, 4.69) is 54.1 Å². The van der Waals surface area contributed by atoms with Crippen molar-refractivity contribution in [3.05, 3.63) is 35.9 Å². The van der Waals surface area contributed by atoms with Crippen LogP contribution in [0.15, 0.2) is 30.3 Å². The number of nitrogens with one attached hydrogen (secondary N) is 1. The van der Waals surface area contributed by atoms with Crippen LogP contribution in [0.4, 0.5) is 5.82 Å². The van der Waals surface area contributed by atoms with Crippen LogP contribution in [0.1, 0.15) is 25.3 Å². The van der Waals surface area contributed by atoms with Crippen LogP contribution >= 0.6 is 0 Å². The van der Waals surface area contributed by atoms with Gasteiger partial charge in [0.25, 0.3) is 5.82 Å². The second-order valence-electron chi connectivity index (χ2n) is 5.55. The zero-order valence-corrected chi connectivity index (χ0v) is 11.2. The normalized spacial score (nSPS) is 17.3. The van der Waals surface area contributed by atoms with Gasteiger partial charge in [-0.2, -0.15) is 0 Å². The predicted octanol–water partition coefficient (Wildman–Crippen LogP) is 3.20. The van der Waals surface area contributed by atoms with Crippen LogP contribution in [-0.2, 0) is 0 Å². The zero-order chi connectivity index (χ0) is 12.5. The molecule has 0 amide bonds. The first-order valence-corrected chi connectivity index (χ1v) is 6.90. The Kier molecular flexibility index (Phi) is 2.94. The Hall–Kier alpha value is -1.57. The summed E-state index contributed by atoms with van der Waals surface area (Å²) in [4.78, 5) is 6.06. The highest BCUT2D eigenvalue weighted by molar-refractivity contribution is 5.80. The lowest BCUT2D eigenvalue weighted by molar-refractivity contribution is -0.330. The summed E-state index contributed by atoms with van der Waals surface area (Å²) in [6.45, 7) is 6.91. The fourth-order valence-corrected chi connectivity index (χ4v) is 2.81. The van der Waals surface area contributed by atoms with Gasteiger partial charge in [-0.25, -0.2) is 4.98 Å². The molecule has 1 aliphatic heterocycles. The molecule has 1 saturated heterocycles. The van der Waals surface area contributed by atoms with Gasteiger partial charge in [-0.3, -0.25) is 4.90 Å². The van der Waals surface area contributed by atoms with Gasteiger partial charge in [0.1, 0.15) is 5.52 Å². The summed E-state index contributed by atoms with van der Waals surface area (Å²) in [5, 5.41) is 1.33. The highest BCUT2D eigenvalue weighted by Crippen LogP contribution is 2.23. The Morgan fingerprint density at radius 2 is 1.89 bits per heavy atom. The van der Waals surface area contributed by atoms with Gasteiger partial charge in [-0.05, 0) is 37.3 Å². The topological polar surface area (TPSA) is 17.4 Å². The number of para-hydroxylation sites is 1. The first kappa shape index (κ1) is 11.5. The molecule has 2 heteroatoms. The Balaban J connectivity index is 1.97. The summed E-state index contributed by atoms with van der Waals surface area (Å²) in [7, 11) is 0. The minimum atomic E-state index is 0.878. The van der Waals surface area contributed by atoms with E-state index in [1.807, 2.05) is 0 Å². The molecule has 1 aliphatic rings. The summed E-state index contributed by atoms with van der Waals surface area (Å²) < 4.78 is 0. The molecule has 1 fully saturated rings. The maximum Gasteiger partial charge on any atom is 0.275 e. The minimum Gasteiger partial charge on any atom is -0.262 e. The highest BCUT2D eigenvalue weighted by Gasteiger charge is 2.23. The lowest BCUT2D eigenvalue weighted by Crippen LogP contribution is -2.36. The van der Waals surface area contributed by atoms with Crippen LogP contribution in [0.25, 0.3) is 10.9 Å². The van der Waals surface area contributed by atoms with Crippen LogP contribution in [0, 0.1) is 12.8 Å². The smallest absolute Gasteiger partial charge is 0.262 e. The third-order valence-corrected chi connectivity index (χ3v) is 4.09. The van der Waals surface area contributed by atoms with Crippen LogP contribution in [0.5, 0.6) is 0 Å². The van der Waals surface area contributed by atoms with E-state index in [0.29, 0.717) is 0 Å². The van der Waals surface area contributed by atoms with Gasteiger partial charge in [0.2, 0.25) is 0 Å². The summed E-state index contributed by atoms with van der Waals surface area (Å²) in [5.41, 5.74) is 2.60. The van der Waals surface area contributed by atoms with Crippen LogP contribution < -0.4 is 9.88 Å². The third kappa shape index (κ3) is 2.07. The van der Waals surface area contributed by atoms with E-state index < -0.39 is 0 Å². The van der Waals surface area contributed by atoms with Crippen molar-refractivity contribution in [2.75, 3.05) is 18.0 Å². The van der Waals surface area contributed by atoms with E-state index in [4.69, 9.17) is 0 Å². The number of pyridine rings is 1. The predicted molar refractivity (Wildman–Crippen MR) is 75.9 cm³/mol. The number of fused-ring (bicyclic) bond motifs is 1. The standard InChI is InChI=1S/C16H20N2/c1-12-7-9-18(10-8-12)16-11-13(2)14-5-3-4-6-15(14)17-16/h3-6,11-12H,7-10H2,1-2H3/p+1. The van der Waals surface area contributed by atoms with Crippen molar-refractivity contribution < 1.29 is 4.98 Å². The highest BCUT2D eigenvalue weighted by atomic mass is 15.2. The third-order valence-electron chi connectivity index (χ3n) is 4.09. The summed E-state index contributed by atoms with van der Waals surface area (Å²) >= 11 is 0. The largest absolute Gasteiger partial charge is 0.275 e. The number of benzene rings is 1. The Morgan fingerprint density at radius 3 is 2.67 bits per heavy atom. The molecule has 0 radical (unpaired) electrons. The molecule has 2 nitrogen and oxygen atoms in total. The van der Waals surface area contributed by atoms with Gasteiger partial charge in [-0.1, -0.05) is 25.1 Å². The maximum atomic E-state index is 3.58. The van der Waals surface area contributed by atoms with E-state index in [0.717, 1.165) is 5.92 Å². The molecule has 0 bridgehead atoms. The molecule has 0 spiro atoms. The Morgan fingerprint density at radius 1 is 1.17 bits per heavy atom. The molecular formula is C16H21N2+. The summed E-state index contributed by atoms with van der Waals surface area (Å²) in [6.07, 6.45) is 2.61. The van der Waals surface area contributed by atoms with E-state index in [1.54, 1.807) is 0 Å². The number of hydrogen-bond donors (Lipinski definition) is 0. The Labute approximate surface area is 109 Å². The van der Waals surface area contributed by atoms with Gasteiger partial charge in [-0.15, -0.1) is 0 Å². The molecule has 0 atom stereocenters. The van der Waals surface area contributed by atoms with Crippen molar-refractivity contribution in [2.45, 2.75) is 26.7 Å². The SMILES string of the molecule is Cc1cc(N2CCC(C)CC2)[nH+]c2ccccc12. The lowest BCUT2D eigenvalue weighted by atomic mass is 9.99. The van der Waals surface area contributed by atoms with Gasteiger partial charge in [0.15, 0.2) is 0 Å². The van der Waals surface area contributed by atoms with Crippen LogP contribution in [0.2, 0.25) is 0 Å². The second kappa shape index (κ2) is 4.60. The molecule has 0 saturated carbocycles.